The van der Waals surface area contributed by atoms with E-state index < -0.39 is 17.9 Å². The van der Waals surface area contributed by atoms with Gasteiger partial charge in [-0.15, -0.1) is 0 Å². The number of fused-ring (bicyclic) bond motifs is 1. The van der Waals surface area contributed by atoms with Gasteiger partial charge in [0.15, 0.2) is 11.5 Å². The number of nitrogens with one attached hydrogen (secondary N) is 1. The number of amides is 1. The molecule has 0 spiro atoms. The van der Waals surface area contributed by atoms with E-state index in [2.05, 4.69) is 5.32 Å². The second-order valence-electron chi connectivity index (χ2n) is 4.70. The molecule has 1 heterocycles. The van der Waals surface area contributed by atoms with Crippen LogP contribution >= 0.6 is 11.6 Å². The van der Waals surface area contributed by atoms with Crippen LogP contribution in [0.1, 0.15) is 36.5 Å². The first-order valence-corrected chi connectivity index (χ1v) is 7.03. The molecule has 1 aromatic rings. The van der Waals surface area contributed by atoms with E-state index in [1.54, 1.807) is 0 Å². The molecule has 1 atom stereocenters. The predicted octanol–water partition coefficient (Wildman–Crippen LogP) is 2.44. The lowest BCUT2D eigenvalue weighted by atomic mass is 10.1. The molecule has 21 heavy (non-hydrogen) atoms. The third kappa shape index (κ3) is 3.58. The maximum Gasteiger partial charge on any atom is 0.326 e. The van der Waals surface area contributed by atoms with Crippen LogP contribution in [0.15, 0.2) is 12.1 Å². The van der Waals surface area contributed by atoms with Gasteiger partial charge in [-0.05, 0) is 18.6 Å². The summed E-state index contributed by atoms with van der Waals surface area (Å²) in [5.41, 5.74) is 0.243. The second kappa shape index (κ2) is 6.67. The summed E-state index contributed by atoms with van der Waals surface area (Å²) < 4.78 is 10.3. The van der Waals surface area contributed by atoms with Gasteiger partial charge < -0.3 is 19.9 Å². The van der Waals surface area contributed by atoms with Crippen molar-refractivity contribution in [1.29, 1.82) is 0 Å². The van der Waals surface area contributed by atoms with Crippen LogP contribution in [-0.2, 0) is 4.79 Å². The molecule has 1 aliphatic heterocycles. The highest BCUT2D eigenvalue weighted by molar-refractivity contribution is 6.32. The highest BCUT2D eigenvalue weighted by Crippen LogP contribution is 2.39. The summed E-state index contributed by atoms with van der Waals surface area (Å²) in [4.78, 5) is 23.3. The fourth-order valence-corrected chi connectivity index (χ4v) is 2.27. The largest absolute Gasteiger partial charge is 0.480 e. The average molecular weight is 314 g/mol. The zero-order chi connectivity index (χ0) is 15.4. The molecule has 0 radical (unpaired) electrons. The van der Waals surface area contributed by atoms with Crippen LogP contribution in [-0.4, -0.2) is 29.8 Å². The minimum absolute atomic E-state index is 0.0500. The Hall–Kier alpha value is -1.95. The number of unbranched alkanes of at least 4 members (excludes halogenated alkanes) is 1. The number of carbonyl (C=O) groups is 2. The minimum Gasteiger partial charge on any atom is -0.480 e. The Morgan fingerprint density at radius 3 is 2.86 bits per heavy atom. The van der Waals surface area contributed by atoms with Gasteiger partial charge in [-0.1, -0.05) is 31.4 Å². The third-order valence-corrected chi connectivity index (χ3v) is 3.42. The van der Waals surface area contributed by atoms with Crippen LogP contribution < -0.4 is 14.8 Å². The van der Waals surface area contributed by atoms with E-state index in [1.807, 2.05) is 6.92 Å². The molecule has 1 aliphatic rings. The molecule has 7 heteroatoms. The van der Waals surface area contributed by atoms with Gasteiger partial charge in [-0.2, -0.15) is 0 Å². The van der Waals surface area contributed by atoms with Gasteiger partial charge in [0.1, 0.15) is 6.04 Å². The monoisotopic (exact) mass is 313 g/mol. The standard InChI is InChI=1S/C14H16ClNO5/c1-2-3-4-10(14(18)19)16-13(17)8-5-9(15)12-11(6-8)20-7-21-12/h5-6,10H,2-4,7H2,1H3,(H,16,17)(H,18,19). The maximum absolute atomic E-state index is 12.1. The van der Waals surface area contributed by atoms with Crippen LogP contribution in [0.5, 0.6) is 11.5 Å². The summed E-state index contributed by atoms with van der Waals surface area (Å²) in [6, 6.07) is 2.01. The highest BCUT2D eigenvalue weighted by Gasteiger charge is 2.24. The molecule has 0 aromatic heterocycles. The second-order valence-corrected chi connectivity index (χ2v) is 5.11. The summed E-state index contributed by atoms with van der Waals surface area (Å²) in [5.74, 6) is -0.774. The Bertz CT molecular complexity index is 561. The topological polar surface area (TPSA) is 84.9 Å². The quantitative estimate of drug-likeness (QED) is 0.842. The summed E-state index contributed by atoms with van der Waals surface area (Å²) in [7, 11) is 0. The molecular formula is C14H16ClNO5. The molecule has 2 N–H and O–H groups in total. The summed E-state index contributed by atoms with van der Waals surface area (Å²) in [5, 5.41) is 11.9. The number of hydrogen-bond donors (Lipinski definition) is 2. The normalized spacial score (nSPS) is 13.8. The molecular weight excluding hydrogens is 298 g/mol. The number of benzene rings is 1. The number of ether oxygens (including phenoxy) is 2. The van der Waals surface area contributed by atoms with E-state index in [-0.39, 0.29) is 17.4 Å². The van der Waals surface area contributed by atoms with E-state index >= 15 is 0 Å². The van der Waals surface area contributed by atoms with Crippen molar-refractivity contribution >= 4 is 23.5 Å². The Morgan fingerprint density at radius 2 is 2.19 bits per heavy atom. The molecule has 0 saturated heterocycles. The molecule has 1 amide bonds. The molecule has 0 aliphatic carbocycles. The van der Waals surface area contributed by atoms with Gasteiger partial charge in [-0.25, -0.2) is 4.79 Å². The lowest BCUT2D eigenvalue weighted by Crippen LogP contribution is -2.40. The van der Waals surface area contributed by atoms with Crippen LogP contribution in [0.4, 0.5) is 0 Å². The fraction of sp³-hybridized carbons (Fsp3) is 0.429. The third-order valence-electron chi connectivity index (χ3n) is 3.14. The number of aliphatic carboxylic acids is 1. The molecule has 2 rings (SSSR count). The summed E-state index contributed by atoms with van der Waals surface area (Å²) >= 11 is 6.00. The van der Waals surface area contributed by atoms with Gasteiger partial charge >= 0.3 is 5.97 Å². The number of carbonyl (C=O) groups excluding carboxylic acids is 1. The predicted molar refractivity (Wildman–Crippen MR) is 76.0 cm³/mol. The Kier molecular flexibility index (Phi) is 4.90. The van der Waals surface area contributed by atoms with E-state index in [0.29, 0.717) is 17.9 Å². The van der Waals surface area contributed by atoms with Crippen molar-refractivity contribution < 1.29 is 24.2 Å². The van der Waals surface area contributed by atoms with Crippen molar-refractivity contribution in [3.05, 3.63) is 22.7 Å². The zero-order valence-electron chi connectivity index (χ0n) is 11.5. The molecule has 1 aromatic carbocycles. The number of halogens is 1. The highest BCUT2D eigenvalue weighted by atomic mass is 35.5. The molecule has 114 valence electrons. The number of rotatable bonds is 6. The van der Waals surface area contributed by atoms with Gasteiger partial charge in [0.05, 0.1) is 5.02 Å². The van der Waals surface area contributed by atoms with Crippen molar-refractivity contribution in [3.63, 3.8) is 0 Å². The molecule has 6 nitrogen and oxygen atoms in total. The number of carboxylic acid groups (broad SMARTS) is 1. The smallest absolute Gasteiger partial charge is 0.326 e. The van der Waals surface area contributed by atoms with Crippen LogP contribution in [0, 0.1) is 0 Å². The van der Waals surface area contributed by atoms with E-state index in [4.69, 9.17) is 26.2 Å². The SMILES string of the molecule is CCCCC(NC(=O)c1cc(Cl)c2c(c1)OCO2)C(=O)O. The first-order chi connectivity index (χ1) is 10.0. The Labute approximate surface area is 127 Å². The van der Waals surface area contributed by atoms with Crippen LogP contribution in [0.2, 0.25) is 5.02 Å². The molecule has 0 fully saturated rings. The van der Waals surface area contributed by atoms with E-state index in [0.717, 1.165) is 12.8 Å². The molecule has 1 unspecified atom stereocenters. The van der Waals surface area contributed by atoms with Crippen molar-refractivity contribution in [1.82, 2.24) is 5.32 Å². The van der Waals surface area contributed by atoms with Gasteiger partial charge in [-0.3, -0.25) is 4.79 Å². The van der Waals surface area contributed by atoms with Gasteiger partial charge in [0, 0.05) is 5.56 Å². The number of carboxylic acids is 1. The van der Waals surface area contributed by atoms with Crippen molar-refractivity contribution in [3.8, 4) is 11.5 Å². The summed E-state index contributed by atoms with van der Waals surface area (Å²) in [6.45, 7) is 2.01. The Morgan fingerprint density at radius 1 is 1.43 bits per heavy atom. The first kappa shape index (κ1) is 15.4. The van der Waals surface area contributed by atoms with Crippen molar-refractivity contribution in [2.45, 2.75) is 32.2 Å². The molecule has 0 saturated carbocycles. The molecule has 0 bridgehead atoms. The Balaban J connectivity index is 2.12. The summed E-state index contributed by atoms with van der Waals surface area (Å²) in [6.07, 6.45) is 1.96. The average Bonchev–Trinajstić information content (AvgIpc) is 2.91. The van der Waals surface area contributed by atoms with E-state index in [9.17, 15) is 9.59 Å². The first-order valence-electron chi connectivity index (χ1n) is 6.65. The van der Waals surface area contributed by atoms with Crippen LogP contribution in [0.3, 0.4) is 0 Å². The number of hydrogen-bond acceptors (Lipinski definition) is 4. The van der Waals surface area contributed by atoms with Gasteiger partial charge in [0.25, 0.3) is 5.91 Å². The van der Waals surface area contributed by atoms with Crippen molar-refractivity contribution in [2.75, 3.05) is 6.79 Å². The maximum atomic E-state index is 12.1. The minimum atomic E-state index is -1.05. The fourth-order valence-electron chi connectivity index (χ4n) is 2.01. The lowest BCUT2D eigenvalue weighted by Gasteiger charge is -2.14. The lowest BCUT2D eigenvalue weighted by molar-refractivity contribution is -0.139. The van der Waals surface area contributed by atoms with E-state index in [1.165, 1.54) is 12.1 Å². The van der Waals surface area contributed by atoms with Crippen molar-refractivity contribution in [2.24, 2.45) is 0 Å². The van der Waals surface area contributed by atoms with Crippen LogP contribution in [0.25, 0.3) is 0 Å². The van der Waals surface area contributed by atoms with Gasteiger partial charge in [0.2, 0.25) is 6.79 Å². The zero-order valence-corrected chi connectivity index (χ0v) is 12.3.